The van der Waals surface area contributed by atoms with Crippen molar-refractivity contribution in [1.82, 2.24) is 5.32 Å². The molecule has 1 aromatic heterocycles. The molecule has 0 aliphatic carbocycles. The van der Waals surface area contributed by atoms with Gasteiger partial charge < -0.3 is 10.1 Å². The van der Waals surface area contributed by atoms with Crippen LogP contribution in [0, 0.1) is 0 Å². The van der Waals surface area contributed by atoms with E-state index in [2.05, 4.69) is 5.32 Å². The predicted octanol–water partition coefficient (Wildman–Crippen LogP) is 2.74. The highest BCUT2D eigenvalue weighted by molar-refractivity contribution is 7.18. The van der Waals surface area contributed by atoms with Crippen LogP contribution in [0.15, 0.2) is 12.1 Å². The average molecular weight is 274 g/mol. The van der Waals surface area contributed by atoms with Crippen molar-refractivity contribution in [3.8, 4) is 0 Å². The number of ketones is 1. The molecule has 17 heavy (non-hydrogen) atoms. The third-order valence-corrected chi connectivity index (χ3v) is 4.05. The second kappa shape index (κ2) is 6.50. The minimum Gasteiger partial charge on any atom is -0.377 e. The van der Waals surface area contributed by atoms with Gasteiger partial charge in [0.25, 0.3) is 0 Å². The summed E-state index contributed by atoms with van der Waals surface area (Å²) in [4.78, 5) is 12.5. The average Bonchev–Trinajstić information content (AvgIpc) is 2.95. The lowest BCUT2D eigenvalue weighted by Crippen LogP contribution is -2.28. The number of Topliss-reactive ketones (excluding diaryl/α,β-unsaturated/α-hetero) is 1. The summed E-state index contributed by atoms with van der Waals surface area (Å²) in [6, 6.07) is 3.55. The topological polar surface area (TPSA) is 38.3 Å². The fourth-order valence-corrected chi connectivity index (χ4v) is 2.87. The lowest BCUT2D eigenvalue weighted by molar-refractivity contribution is 0.0971. The Morgan fingerprint density at radius 2 is 2.47 bits per heavy atom. The summed E-state index contributed by atoms with van der Waals surface area (Å²) >= 11 is 7.13. The number of rotatable bonds is 6. The number of carbonyl (C=O) groups is 1. The zero-order valence-electron chi connectivity index (χ0n) is 9.58. The molecule has 1 fully saturated rings. The van der Waals surface area contributed by atoms with Crippen LogP contribution in [0.4, 0.5) is 0 Å². The third-order valence-electron chi connectivity index (χ3n) is 2.77. The Bertz CT molecular complexity index is 374. The van der Waals surface area contributed by atoms with Crippen LogP contribution in [0.3, 0.4) is 0 Å². The van der Waals surface area contributed by atoms with Crippen LogP contribution in [0.2, 0.25) is 4.34 Å². The second-order valence-electron chi connectivity index (χ2n) is 4.12. The highest BCUT2D eigenvalue weighted by atomic mass is 35.5. The molecule has 0 amide bonds. The minimum atomic E-state index is 0.154. The van der Waals surface area contributed by atoms with E-state index in [1.165, 1.54) is 11.3 Å². The van der Waals surface area contributed by atoms with Crippen molar-refractivity contribution in [2.75, 3.05) is 19.7 Å². The van der Waals surface area contributed by atoms with Crippen LogP contribution in [0.1, 0.15) is 28.9 Å². The maximum absolute atomic E-state index is 11.7. The summed E-state index contributed by atoms with van der Waals surface area (Å²) < 4.78 is 6.15. The van der Waals surface area contributed by atoms with Gasteiger partial charge in [0.1, 0.15) is 0 Å². The molecule has 1 aromatic rings. The molecule has 1 atom stereocenters. The van der Waals surface area contributed by atoms with E-state index in [0.717, 1.165) is 30.9 Å². The zero-order valence-corrected chi connectivity index (χ0v) is 11.1. The first kappa shape index (κ1) is 13.0. The van der Waals surface area contributed by atoms with E-state index in [-0.39, 0.29) is 5.78 Å². The Labute approximate surface area is 110 Å². The Balaban J connectivity index is 1.63. The summed E-state index contributed by atoms with van der Waals surface area (Å²) in [5.74, 6) is 0.154. The van der Waals surface area contributed by atoms with Gasteiger partial charge in [-0.25, -0.2) is 0 Å². The zero-order chi connectivity index (χ0) is 12.1. The highest BCUT2D eigenvalue weighted by Gasteiger charge is 2.15. The van der Waals surface area contributed by atoms with E-state index in [0.29, 0.717) is 23.4 Å². The van der Waals surface area contributed by atoms with Crippen molar-refractivity contribution in [1.29, 1.82) is 0 Å². The van der Waals surface area contributed by atoms with Crippen LogP contribution in [-0.4, -0.2) is 31.6 Å². The number of halogens is 1. The number of ether oxygens (including phenoxy) is 1. The molecule has 2 heterocycles. The van der Waals surface area contributed by atoms with Gasteiger partial charge in [0.15, 0.2) is 5.78 Å². The van der Waals surface area contributed by atoms with Crippen LogP contribution in [-0.2, 0) is 4.74 Å². The Hall–Kier alpha value is -0.420. The molecule has 0 spiro atoms. The lowest BCUT2D eigenvalue weighted by Gasteiger charge is -2.09. The van der Waals surface area contributed by atoms with Crippen molar-refractivity contribution >= 4 is 28.7 Å². The minimum absolute atomic E-state index is 0.154. The molecule has 5 heteroatoms. The number of nitrogens with one attached hydrogen (secondary N) is 1. The van der Waals surface area contributed by atoms with Gasteiger partial charge in [-0.05, 0) is 25.0 Å². The first-order valence-electron chi connectivity index (χ1n) is 5.86. The van der Waals surface area contributed by atoms with Gasteiger partial charge in [-0.2, -0.15) is 0 Å². The van der Waals surface area contributed by atoms with Gasteiger partial charge in [0.05, 0.1) is 15.3 Å². The van der Waals surface area contributed by atoms with Gasteiger partial charge >= 0.3 is 0 Å². The number of hydrogen-bond donors (Lipinski definition) is 1. The summed E-state index contributed by atoms with van der Waals surface area (Å²) in [6.45, 7) is 2.42. The van der Waals surface area contributed by atoms with E-state index in [1.54, 1.807) is 12.1 Å². The van der Waals surface area contributed by atoms with E-state index in [4.69, 9.17) is 16.3 Å². The van der Waals surface area contributed by atoms with Crippen LogP contribution in [0.25, 0.3) is 0 Å². The van der Waals surface area contributed by atoms with E-state index < -0.39 is 0 Å². The predicted molar refractivity (Wildman–Crippen MR) is 70.1 cm³/mol. The fourth-order valence-electron chi connectivity index (χ4n) is 1.86. The van der Waals surface area contributed by atoms with Crippen LogP contribution < -0.4 is 5.32 Å². The molecule has 1 saturated heterocycles. The smallest absolute Gasteiger partial charge is 0.174 e. The molecule has 1 unspecified atom stereocenters. The first-order chi connectivity index (χ1) is 8.25. The second-order valence-corrected chi connectivity index (χ2v) is 5.83. The molecule has 94 valence electrons. The molecular weight excluding hydrogens is 258 g/mol. The molecule has 0 saturated carbocycles. The van der Waals surface area contributed by atoms with Crippen molar-refractivity contribution < 1.29 is 9.53 Å². The van der Waals surface area contributed by atoms with E-state index >= 15 is 0 Å². The summed E-state index contributed by atoms with van der Waals surface area (Å²) in [6.07, 6.45) is 3.13. The molecule has 1 N–H and O–H groups in total. The summed E-state index contributed by atoms with van der Waals surface area (Å²) in [7, 11) is 0. The quantitative estimate of drug-likeness (QED) is 0.640. The molecule has 0 bridgehead atoms. The Morgan fingerprint density at radius 3 is 3.12 bits per heavy atom. The van der Waals surface area contributed by atoms with Gasteiger partial charge in [0, 0.05) is 26.1 Å². The maximum atomic E-state index is 11.7. The molecule has 0 radical (unpaired) electrons. The Morgan fingerprint density at radius 1 is 1.59 bits per heavy atom. The van der Waals surface area contributed by atoms with E-state index in [9.17, 15) is 4.79 Å². The normalized spacial score (nSPS) is 19.7. The molecular formula is C12H16ClNO2S. The van der Waals surface area contributed by atoms with Crippen molar-refractivity contribution in [3.63, 3.8) is 0 Å². The van der Waals surface area contributed by atoms with Crippen LogP contribution >= 0.6 is 22.9 Å². The summed E-state index contributed by atoms with van der Waals surface area (Å²) in [5.41, 5.74) is 0. The SMILES string of the molecule is O=C(CCNCC1CCCO1)c1ccc(Cl)s1. The standard InChI is InChI=1S/C12H16ClNO2S/c13-12-4-3-11(17-12)10(15)5-6-14-8-9-2-1-7-16-9/h3-4,9,14H,1-2,5-8H2. The third kappa shape index (κ3) is 4.07. The van der Waals surface area contributed by atoms with Crippen molar-refractivity contribution in [2.45, 2.75) is 25.4 Å². The number of thiophene rings is 1. The largest absolute Gasteiger partial charge is 0.377 e. The van der Waals surface area contributed by atoms with Crippen molar-refractivity contribution in [3.05, 3.63) is 21.3 Å². The molecule has 1 aliphatic heterocycles. The molecule has 1 aliphatic rings. The number of carbonyl (C=O) groups excluding carboxylic acids is 1. The fraction of sp³-hybridized carbons (Fsp3) is 0.583. The Kier molecular flexibility index (Phi) is 4.98. The van der Waals surface area contributed by atoms with Gasteiger partial charge in [-0.3, -0.25) is 4.79 Å². The monoisotopic (exact) mass is 273 g/mol. The highest BCUT2D eigenvalue weighted by Crippen LogP contribution is 2.22. The van der Waals surface area contributed by atoms with Crippen molar-refractivity contribution in [2.24, 2.45) is 0 Å². The van der Waals surface area contributed by atoms with Gasteiger partial charge in [0.2, 0.25) is 0 Å². The molecule has 3 nitrogen and oxygen atoms in total. The number of hydrogen-bond acceptors (Lipinski definition) is 4. The van der Waals surface area contributed by atoms with Gasteiger partial charge in [-0.1, -0.05) is 11.6 Å². The first-order valence-corrected chi connectivity index (χ1v) is 7.06. The van der Waals surface area contributed by atoms with Gasteiger partial charge in [-0.15, -0.1) is 11.3 Å². The lowest BCUT2D eigenvalue weighted by atomic mass is 10.2. The van der Waals surface area contributed by atoms with Crippen LogP contribution in [0.5, 0.6) is 0 Å². The molecule has 2 rings (SSSR count). The molecule has 0 aromatic carbocycles. The summed E-state index contributed by atoms with van der Waals surface area (Å²) in [5, 5.41) is 3.26. The maximum Gasteiger partial charge on any atom is 0.174 e. The van der Waals surface area contributed by atoms with E-state index in [1.807, 2.05) is 0 Å².